The quantitative estimate of drug-likeness (QED) is 0.290. The van der Waals surface area contributed by atoms with Crippen LogP contribution in [0.5, 0.6) is 11.5 Å². The number of carbonyl (C=O) groups excluding carboxylic acids is 2. The van der Waals surface area contributed by atoms with Crippen LogP contribution in [-0.2, 0) is 4.79 Å². The maximum absolute atomic E-state index is 12.5. The first-order valence-electron chi connectivity index (χ1n) is 8.68. The zero-order chi connectivity index (χ0) is 21.6. The molecule has 154 valence electrons. The Bertz CT molecular complexity index is 934. The standard InChI is InChI=1S/C20H21ClIN3O4/c1-11(2)17(24-19(27)13-5-4-6-14(21)9-13)20(28)25-23-10-12-7-15(22)18(26)16(8-12)29-3/h4-11,17,26H,1-3H3,(H,24,27)(H,25,28). The molecule has 9 heteroatoms. The molecule has 2 aromatic carbocycles. The molecule has 2 aromatic rings. The van der Waals surface area contributed by atoms with E-state index in [9.17, 15) is 14.7 Å². The number of nitrogens with one attached hydrogen (secondary N) is 2. The number of nitrogens with zero attached hydrogens (tertiary/aromatic N) is 1. The van der Waals surface area contributed by atoms with Gasteiger partial charge in [0.25, 0.3) is 11.8 Å². The first-order chi connectivity index (χ1) is 13.7. The van der Waals surface area contributed by atoms with Crippen LogP contribution in [0.4, 0.5) is 0 Å². The Labute approximate surface area is 187 Å². The van der Waals surface area contributed by atoms with Gasteiger partial charge in [-0.1, -0.05) is 31.5 Å². The van der Waals surface area contributed by atoms with Crippen molar-refractivity contribution in [3.05, 3.63) is 56.1 Å². The summed E-state index contributed by atoms with van der Waals surface area (Å²) in [5.74, 6) is -0.672. The number of methoxy groups -OCH3 is 1. The maximum atomic E-state index is 12.5. The Hall–Kier alpha value is -2.33. The van der Waals surface area contributed by atoms with E-state index in [-0.39, 0.29) is 11.7 Å². The highest BCUT2D eigenvalue weighted by Gasteiger charge is 2.24. The molecular formula is C20H21ClIN3O4. The second-order valence-electron chi connectivity index (χ2n) is 6.49. The number of aromatic hydroxyl groups is 1. The van der Waals surface area contributed by atoms with Crippen LogP contribution in [0.25, 0.3) is 0 Å². The normalized spacial score (nSPS) is 12.1. The monoisotopic (exact) mass is 529 g/mol. The van der Waals surface area contributed by atoms with Crippen LogP contribution in [-0.4, -0.2) is 36.3 Å². The topological polar surface area (TPSA) is 100 Å². The minimum atomic E-state index is -0.784. The van der Waals surface area contributed by atoms with Gasteiger partial charge in [-0.15, -0.1) is 0 Å². The second-order valence-corrected chi connectivity index (χ2v) is 8.09. The van der Waals surface area contributed by atoms with Gasteiger partial charge < -0.3 is 15.2 Å². The number of phenolic OH excluding ortho intramolecular Hbond substituents is 1. The number of hydrogen-bond donors (Lipinski definition) is 3. The highest BCUT2D eigenvalue weighted by Crippen LogP contribution is 2.31. The molecule has 3 N–H and O–H groups in total. The lowest BCUT2D eigenvalue weighted by Gasteiger charge is -2.20. The molecule has 0 saturated carbocycles. The third kappa shape index (κ3) is 6.33. The lowest BCUT2D eigenvalue weighted by molar-refractivity contribution is -0.123. The molecule has 0 radical (unpaired) electrons. The molecule has 2 rings (SSSR count). The average molecular weight is 530 g/mol. The van der Waals surface area contributed by atoms with E-state index in [0.29, 0.717) is 25.5 Å². The smallest absolute Gasteiger partial charge is 0.262 e. The van der Waals surface area contributed by atoms with E-state index in [4.69, 9.17) is 16.3 Å². The van der Waals surface area contributed by atoms with Gasteiger partial charge >= 0.3 is 0 Å². The number of ether oxygens (including phenoxy) is 1. The van der Waals surface area contributed by atoms with Crippen molar-refractivity contribution < 1.29 is 19.4 Å². The zero-order valence-corrected chi connectivity index (χ0v) is 19.0. The molecule has 0 aliphatic carbocycles. The Morgan fingerprint density at radius 2 is 2.00 bits per heavy atom. The Morgan fingerprint density at radius 3 is 2.62 bits per heavy atom. The summed E-state index contributed by atoms with van der Waals surface area (Å²) in [6.07, 6.45) is 1.43. The number of rotatable bonds is 7. The van der Waals surface area contributed by atoms with Crippen molar-refractivity contribution >= 4 is 52.2 Å². The largest absolute Gasteiger partial charge is 0.504 e. The first-order valence-corrected chi connectivity index (χ1v) is 10.1. The van der Waals surface area contributed by atoms with Crippen LogP contribution < -0.4 is 15.5 Å². The van der Waals surface area contributed by atoms with Gasteiger partial charge in [0.1, 0.15) is 6.04 Å². The van der Waals surface area contributed by atoms with Gasteiger partial charge in [-0.05, 0) is 64.4 Å². The van der Waals surface area contributed by atoms with E-state index in [0.717, 1.165) is 0 Å². The number of benzene rings is 2. The molecule has 0 saturated heterocycles. The number of phenols is 1. The predicted octanol–water partition coefficient (Wildman–Crippen LogP) is 3.56. The fraction of sp³-hybridized carbons (Fsp3) is 0.250. The number of carbonyl (C=O) groups is 2. The Kier molecular flexibility index (Phi) is 8.27. The summed E-state index contributed by atoms with van der Waals surface area (Å²) < 4.78 is 5.68. The summed E-state index contributed by atoms with van der Waals surface area (Å²) in [5.41, 5.74) is 3.44. The van der Waals surface area contributed by atoms with Gasteiger partial charge in [0, 0.05) is 10.6 Å². The van der Waals surface area contributed by atoms with Crippen molar-refractivity contribution in [1.82, 2.24) is 10.7 Å². The summed E-state index contributed by atoms with van der Waals surface area (Å²) in [5, 5.41) is 17.0. The van der Waals surface area contributed by atoms with Crippen molar-refractivity contribution in [3.63, 3.8) is 0 Å². The fourth-order valence-electron chi connectivity index (χ4n) is 2.45. The maximum Gasteiger partial charge on any atom is 0.262 e. The van der Waals surface area contributed by atoms with E-state index in [1.807, 2.05) is 36.4 Å². The van der Waals surface area contributed by atoms with E-state index >= 15 is 0 Å². The van der Waals surface area contributed by atoms with Crippen LogP contribution in [0.15, 0.2) is 41.5 Å². The SMILES string of the molecule is COc1cc(C=NNC(=O)C(NC(=O)c2cccc(Cl)c2)C(C)C)cc(I)c1O. The molecule has 0 aromatic heterocycles. The number of hydrazone groups is 1. The molecule has 2 amide bonds. The Morgan fingerprint density at radius 1 is 1.28 bits per heavy atom. The van der Waals surface area contributed by atoms with Gasteiger partial charge in [0.05, 0.1) is 16.9 Å². The number of amides is 2. The summed E-state index contributed by atoms with van der Waals surface area (Å²) >= 11 is 7.88. The molecule has 0 aliphatic rings. The predicted molar refractivity (Wildman–Crippen MR) is 121 cm³/mol. The van der Waals surface area contributed by atoms with E-state index in [1.54, 1.807) is 30.3 Å². The molecule has 1 atom stereocenters. The van der Waals surface area contributed by atoms with E-state index in [1.165, 1.54) is 19.4 Å². The third-order valence-corrected chi connectivity index (χ3v) is 5.04. The first kappa shape index (κ1) is 23.0. The summed E-state index contributed by atoms with van der Waals surface area (Å²) in [7, 11) is 1.45. The average Bonchev–Trinajstić information content (AvgIpc) is 2.68. The lowest BCUT2D eigenvalue weighted by atomic mass is 10.0. The van der Waals surface area contributed by atoms with Crippen molar-refractivity contribution in [1.29, 1.82) is 0 Å². The van der Waals surface area contributed by atoms with Crippen molar-refractivity contribution in [3.8, 4) is 11.5 Å². The lowest BCUT2D eigenvalue weighted by Crippen LogP contribution is -2.48. The number of halogens is 2. The minimum Gasteiger partial charge on any atom is -0.504 e. The van der Waals surface area contributed by atoms with Crippen LogP contribution >= 0.6 is 34.2 Å². The van der Waals surface area contributed by atoms with Gasteiger partial charge in [-0.3, -0.25) is 9.59 Å². The van der Waals surface area contributed by atoms with E-state index < -0.39 is 17.9 Å². The molecule has 7 nitrogen and oxygen atoms in total. The summed E-state index contributed by atoms with van der Waals surface area (Å²) in [6, 6.07) is 8.98. The van der Waals surface area contributed by atoms with Crippen molar-refractivity contribution in [2.75, 3.05) is 7.11 Å². The molecular weight excluding hydrogens is 509 g/mol. The van der Waals surface area contributed by atoms with Gasteiger partial charge in [0.15, 0.2) is 11.5 Å². The molecule has 0 aliphatic heterocycles. The van der Waals surface area contributed by atoms with Crippen LogP contribution in [0.2, 0.25) is 5.02 Å². The van der Waals surface area contributed by atoms with Crippen molar-refractivity contribution in [2.24, 2.45) is 11.0 Å². The highest BCUT2D eigenvalue weighted by molar-refractivity contribution is 14.1. The van der Waals surface area contributed by atoms with Crippen LogP contribution in [0, 0.1) is 9.49 Å². The van der Waals surface area contributed by atoms with E-state index in [2.05, 4.69) is 15.8 Å². The van der Waals surface area contributed by atoms with Gasteiger partial charge in [-0.25, -0.2) is 5.43 Å². The third-order valence-electron chi connectivity index (χ3n) is 3.98. The second kappa shape index (κ2) is 10.4. The summed E-state index contributed by atoms with van der Waals surface area (Å²) in [6.45, 7) is 3.64. The summed E-state index contributed by atoms with van der Waals surface area (Å²) in [4.78, 5) is 24.9. The molecule has 0 fully saturated rings. The number of hydrogen-bond acceptors (Lipinski definition) is 5. The molecule has 0 heterocycles. The van der Waals surface area contributed by atoms with Gasteiger partial charge in [-0.2, -0.15) is 5.10 Å². The molecule has 0 spiro atoms. The van der Waals surface area contributed by atoms with Gasteiger partial charge in [0.2, 0.25) is 0 Å². The fourth-order valence-corrected chi connectivity index (χ4v) is 3.27. The molecule has 1 unspecified atom stereocenters. The molecule has 29 heavy (non-hydrogen) atoms. The van der Waals surface area contributed by atoms with Crippen LogP contribution in [0.1, 0.15) is 29.8 Å². The van der Waals surface area contributed by atoms with Crippen molar-refractivity contribution in [2.45, 2.75) is 19.9 Å². The Balaban J connectivity index is 2.07. The zero-order valence-electron chi connectivity index (χ0n) is 16.1. The highest BCUT2D eigenvalue weighted by atomic mass is 127. The van der Waals surface area contributed by atoms with Crippen LogP contribution in [0.3, 0.4) is 0 Å². The molecule has 0 bridgehead atoms. The minimum absolute atomic E-state index is 0.0397.